The molecule has 0 spiro atoms. The number of rotatable bonds is 4. The molecule has 0 unspecified atom stereocenters. The number of fused-ring (bicyclic) bond motifs is 1. The van der Waals surface area contributed by atoms with Crippen LogP contribution in [0.1, 0.15) is 30.1 Å². The Balaban J connectivity index is 1.89. The van der Waals surface area contributed by atoms with Crippen molar-refractivity contribution < 1.29 is 18.0 Å². The summed E-state index contributed by atoms with van der Waals surface area (Å²) < 4.78 is 39.7. The number of aromatic nitrogens is 4. The van der Waals surface area contributed by atoms with Gasteiger partial charge in [-0.05, 0) is 48.2 Å². The first-order chi connectivity index (χ1) is 10.3. The van der Waals surface area contributed by atoms with Gasteiger partial charge in [-0.3, -0.25) is 4.79 Å². The van der Waals surface area contributed by atoms with Crippen LogP contribution in [0.4, 0.5) is 13.2 Å². The van der Waals surface area contributed by atoms with Crippen LogP contribution in [0.2, 0.25) is 0 Å². The van der Waals surface area contributed by atoms with E-state index in [0.717, 1.165) is 17.7 Å². The van der Waals surface area contributed by atoms with Gasteiger partial charge in [-0.1, -0.05) is 0 Å². The second-order valence-electron chi connectivity index (χ2n) is 5.53. The molecule has 3 rings (SSSR count). The Hall–Kier alpha value is -2.19. The summed E-state index contributed by atoms with van der Waals surface area (Å²) in [4.78, 5) is 13.4. The molecule has 0 aliphatic heterocycles. The number of carbonyl (C=O) groups is 1. The molecule has 1 saturated carbocycles. The zero-order chi connectivity index (χ0) is 15.9. The smallest absolute Gasteiger partial charge is 0.327 e. The third-order valence-electron chi connectivity index (χ3n) is 3.84. The first-order valence-corrected chi connectivity index (χ1v) is 6.90. The van der Waals surface area contributed by atoms with Crippen LogP contribution in [-0.2, 0) is 0 Å². The number of hydrogen-bond acceptors (Lipinski definition) is 4. The largest absolute Gasteiger partial charge is 0.406 e. The molecule has 1 aliphatic rings. The lowest BCUT2D eigenvalue weighted by Gasteiger charge is -2.30. The van der Waals surface area contributed by atoms with Gasteiger partial charge in [0.25, 0.3) is 5.91 Å². The molecule has 0 N–H and O–H groups in total. The molecule has 2 heterocycles. The van der Waals surface area contributed by atoms with E-state index in [-0.39, 0.29) is 11.5 Å². The topological polar surface area (TPSA) is 63.4 Å². The lowest BCUT2D eigenvalue weighted by molar-refractivity contribution is -0.144. The summed E-state index contributed by atoms with van der Waals surface area (Å²) in [5, 5.41) is 10.8. The highest BCUT2D eigenvalue weighted by atomic mass is 19.4. The Kier molecular flexibility index (Phi) is 3.50. The van der Waals surface area contributed by atoms with E-state index in [2.05, 4.69) is 15.5 Å². The van der Waals surface area contributed by atoms with E-state index in [9.17, 15) is 18.0 Å². The number of alkyl halides is 3. The zero-order valence-electron chi connectivity index (χ0n) is 11.8. The van der Waals surface area contributed by atoms with E-state index in [1.54, 1.807) is 6.92 Å². The van der Waals surface area contributed by atoms with Crippen LogP contribution in [0.25, 0.3) is 5.65 Å². The lowest BCUT2D eigenvalue weighted by atomic mass is 10.1. The molecule has 2 aromatic heterocycles. The third kappa shape index (κ3) is 3.02. The summed E-state index contributed by atoms with van der Waals surface area (Å²) in [6, 6.07) is 2.50. The number of carbonyl (C=O) groups excluding carboxylic acids is 1. The SMILES string of the molecule is C[C@H](C1CC1)N(CC(F)(F)F)C(=O)c1ccc2nnnn2c1. The number of hydrogen-bond donors (Lipinski definition) is 0. The van der Waals surface area contributed by atoms with Gasteiger partial charge in [0.15, 0.2) is 5.65 Å². The first-order valence-electron chi connectivity index (χ1n) is 6.90. The Morgan fingerprint density at radius 1 is 1.45 bits per heavy atom. The predicted molar refractivity (Wildman–Crippen MR) is 70.1 cm³/mol. The molecule has 0 radical (unpaired) electrons. The monoisotopic (exact) mass is 313 g/mol. The van der Waals surface area contributed by atoms with Gasteiger partial charge in [-0.2, -0.15) is 17.7 Å². The Morgan fingerprint density at radius 2 is 2.18 bits per heavy atom. The summed E-state index contributed by atoms with van der Waals surface area (Å²) in [7, 11) is 0. The van der Waals surface area contributed by atoms with Crippen LogP contribution in [0, 0.1) is 5.92 Å². The van der Waals surface area contributed by atoms with Crippen molar-refractivity contribution >= 4 is 11.6 Å². The van der Waals surface area contributed by atoms with Crippen LogP contribution in [0.3, 0.4) is 0 Å². The molecule has 0 aromatic carbocycles. The minimum atomic E-state index is -4.43. The minimum absolute atomic E-state index is 0.136. The Morgan fingerprint density at radius 3 is 2.82 bits per heavy atom. The first kappa shape index (κ1) is 14.7. The van der Waals surface area contributed by atoms with Crippen LogP contribution < -0.4 is 0 Å². The van der Waals surface area contributed by atoms with E-state index >= 15 is 0 Å². The minimum Gasteiger partial charge on any atom is -0.327 e. The number of nitrogens with zero attached hydrogens (tertiary/aromatic N) is 5. The van der Waals surface area contributed by atoms with Gasteiger partial charge in [0, 0.05) is 12.2 Å². The van der Waals surface area contributed by atoms with E-state index in [1.165, 1.54) is 22.8 Å². The lowest BCUT2D eigenvalue weighted by Crippen LogP contribution is -2.45. The summed E-state index contributed by atoms with van der Waals surface area (Å²) in [5.74, 6) is -0.516. The van der Waals surface area contributed by atoms with Gasteiger partial charge in [0.05, 0.1) is 5.56 Å². The Labute approximate surface area is 123 Å². The Bertz CT molecular complexity index is 694. The number of tetrazole rings is 1. The van der Waals surface area contributed by atoms with Crippen molar-refractivity contribution in [3.05, 3.63) is 23.9 Å². The molecule has 1 amide bonds. The molecule has 1 fully saturated rings. The van der Waals surface area contributed by atoms with Gasteiger partial charge in [-0.25, -0.2) is 0 Å². The van der Waals surface area contributed by atoms with Crippen molar-refractivity contribution in [2.24, 2.45) is 5.92 Å². The highest BCUT2D eigenvalue weighted by Crippen LogP contribution is 2.36. The fourth-order valence-corrected chi connectivity index (χ4v) is 2.46. The molecule has 9 heteroatoms. The molecule has 1 atom stereocenters. The molecule has 118 valence electrons. The zero-order valence-corrected chi connectivity index (χ0v) is 11.8. The molecule has 2 aromatic rings. The highest BCUT2D eigenvalue weighted by Gasteiger charge is 2.40. The molecule has 1 aliphatic carbocycles. The van der Waals surface area contributed by atoms with Gasteiger partial charge >= 0.3 is 6.18 Å². The van der Waals surface area contributed by atoms with Gasteiger partial charge in [-0.15, -0.1) is 5.10 Å². The van der Waals surface area contributed by atoms with Gasteiger partial charge in [0.2, 0.25) is 0 Å². The van der Waals surface area contributed by atoms with E-state index in [4.69, 9.17) is 0 Å². The van der Waals surface area contributed by atoms with E-state index in [0.29, 0.717) is 5.65 Å². The molecule has 6 nitrogen and oxygen atoms in total. The van der Waals surface area contributed by atoms with Crippen LogP contribution in [0.15, 0.2) is 18.3 Å². The average molecular weight is 313 g/mol. The summed E-state index contributed by atoms with van der Waals surface area (Å²) in [5.41, 5.74) is 0.561. The van der Waals surface area contributed by atoms with Crippen LogP contribution in [0.5, 0.6) is 0 Å². The quantitative estimate of drug-likeness (QED) is 0.865. The third-order valence-corrected chi connectivity index (χ3v) is 3.84. The van der Waals surface area contributed by atoms with Crippen molar-refractivity contribution in [1.82, 2.24) is 24.9 Å². The molecule has 0 bridgehead atoms. The normalized spacial score (nSPS) is 16.7. The second-order valence-corrected chi connectivity index (χ2v) is 5.53. The number of halogens is 3. The number of amides is 1. The maximum absolute atomic E-state index is 12.8. The summed E-state index contributed by atoms with van der Waals surface area (Å²) in [6.07, 6.45) is -1.37. The maximum Gasteiger partial charge on any atom is 0.406 e. The predicted octanol–water partition coefficient (Wildman–Crippen LogP) is 1.93. The summed E-state index contributed by atoms with van der Waals surface area (Å²) >= 11 is 0. The molecular formula is C13H14F3N5O. The van der Waals surface area contributed by atoms with Gasteiger partial charge in [0.1, 0.15) is 6.54 Å². The highest BCUT2D eigenvalue weighted by molar-refractivity contribution is 5.94. The fourth-order valence-electron chi connectivity index (χ4n) is 2.46. The van der Waals surface area contributed by atoms with Crippen LogP contribution >= 0.6 is 0 Å². The average Bonchev–Trinajstić information content (AvgIpc) is 3.20. The van der Waals surface area contributed by atoms with Crippen molar-refractivity contribution in [2.45, 2.75) is 32.0 Å². The fraction of sp³-hybridized carbons (Fsp3) is 0.538. The van der Waals surface area contributed by atoms with Crippen molar-refractivity contribution in [3.8, 4) is 0 Å². The van der Waals surface area contributed by atoms with Crippen molar-refractivity contribution in [3.63, 3.8) is 0 Å². The maximum atomic E-state index is 12.8. The summed E-state index contributed by atoms with van der Waals surface area (Å²) in [6.45, 7) is 0.411. The standard InChI is InChI=1S/C13H14F3N5O/c1-8(9-2-3-9)20(7-13(14,15)16)12(22)10-4-5-11-17-18-19-21(11)6-10/h4-6,8-9H,2-3,7H2,1H3/t8-/m1/s1. The van der Waals surface area contributed by atoms with Crippen molar-refractivity contribution in [1.29, 1.82) is 0 Å². The van der Waals surface area contributed by atoms with Gasteiger partial charge < -0.3 is 4.90 Å². The molecule has 22 heavy (non-hydrogen) atoms. The second kappa shape index (κ2) is 5.22. The molecular weight excluding hydrogens is 299 g/mol. The van der Waals surface area contributed by atoms with Crippen LogP contribution in [-0.4, -0.2) is 49.6 Å². The van der Waals surface area contributed by atoms with E-state index in [1.807, 2.05) is 0 Å². The van der Waals surface area contributed by atoms with E-state index < -0.39 is 24.7 Å². The number of pyridine rings is 1. The molecule has 0 saturated heterocycles. The van der Waals surface area contributed by atoms with Crippen molar-refractivity contribution in [2.75, 3.05) is 6.54 Å².